The molecule has 2 aromatic rings. The van der Waals surface area contributed by atoms with Crippen LogP contribution in [0.25, 0.3) is 0 Å². The molecule has 1 aromatic heterocycles. The summed E-state index contributed by atoms with van der Waals surface area (Å²) in [5.74, 6) is -2.64. The Morgan fingerprint density at radius 2 is 2.00 bits per heavy atom. The van der Waals surface area contributed by atoms with Gasteiger partial charge >= 0.3 is 11.9 Å². The number of hydrogen-bond donors (Lipinski definition) is 1. The van der Waals surface area contributed by atoms with Gasteiger partial charge in [0.05, 0.1) is 43.9 Å². The normalized spacial score (nSPS) is 18.0. The number of thiazole rings is 1. The van der Waals surface area contributed by atoms with Crippen molar-refractivity contribution in [1.29, 1.82) is 0 Å². The van der Waals surface area contributed by atoms with Gasteiger partial charge in [-0.3, -0.25) is 9.79 Å². The van der Waals surface area contributed by atoms with E-state index in [1.807, 2.05) is 5.38 Å². The van der Waals surface area contributed by atoms with Crippen molar-refractivity contribution in [3.63, 3.8) is 0 Å². The average Bonchev–Trinajstić information content (AvgIpc) is 3.26. The highest BCUT2D eigenvalue weighted by molar-refractivity contribution is 7.09. The van der Waals surface area contributed by atoms with Gasteiger partial charge in [0, 0.05) is 28.5 Å². The van der Waals surface area contributed by atoms with Crippen LogP contribution in [-0.4, -0.2) is 49.5 Å². The second-order valence-corrected chi connectivity index (χ2v) is 8.95. The highest BCUT2D eigenvalue weighted by Crippen LogP contribution is 2.42. The number of aromatic nitrogens is 1. The molecule has 0 amide bonds. The van der Waals surface area contributed by atoms with Crippen LogP contribution in [0.5, 0.6) is 0 Å². The van der Waals surface area contributed by atoms with E-state index in [0.717, 1.165) is 10.7 Å². The van der Waals surface area contributed by atoms with Crippen molar-refractivity contribution in [3.8, 4) is 0 Å². The maximum atomic E-state index is 13.2. The van der Waals surface area contributed by atoms with Crippen LogP contribution in [0.15, 0.2) is 45.9 Å². The maximum absolute atomic E-state index is 13.2. The van der Waals surface area contributed by atoms with E-state index in [-0.39, 0.29) is 25.4 Å². The van der Waals surface area contributed by atoms with E-state index >= 15 is 0 Å². The summed E-state index contributed by atoms with van der Waals surface area (Å²) < 4.78 is 16.3. The lowest BCUT2D eigenvalue weighted by molar-refractivity contribution is -0.144. The van der Waals surface area contributed by atoms with Crippen molar-refractivity contribution >= 4 is 40.6 Å². The van der Waals surface area contributed by atoms with Gasteiger partial charge in [-0.15, -0.1) is 11.3 Å². The Morgan fingerprint density at radius 3 is 2.68 bits per heavy atom. The van der Waals surface area contributed by atoms with Gasteiger partial charge in [0.2, 0.25) is 0 Å². The highest BCUT2D eigenvalue weighted by atomic mass is 35.5. The average molecular weight is 506 g/mol. The van der Waals surface area contributed by atoms with E-state index < -0.39 is 23.8 Å². The van der Waals surface area contributed by atoms with E-state index in [0.29, 0.717) is 35.0 Å². The van der Waals surface area contributed by atoms with Crippen LogP contribution in [0.3, 0.4) is 0 Å². The summed E-state index contributed by atoms with van der Waals surface area (Å²) in [7, 11) is 1.30. The van der Waals surface area contributed by atoms with Gasteiger partial charge in [-0.25, -0.2) is 9.78 Å². The second kappa shape index (κ2) is 12.2. The van der Waals surface area contributed by atoms with Crippen LogP contribution >= 0.6 is 22.9 Å². The first-order valence-electron chi connectivity index (χ1n) is 10.9. The number of carbonyl (C=O) groups is 2. The van der Waals surface area contributed by atoms with Gasteiger partial charge in [-0.05, 0) is 32.0 Å². The number of nitrogens with zero attached hydrogens (tertiary/aromatic N) is 2. The molecule has 1 aromatic carbocycles. The third-order valence-electron chi connectivity index (χ3n) is 5.37. The minimum Gasteiger partial charge on any atom is -0.468 e. The number of carbonyl (C=O) groups excluding carboxylic acids is 2. The fourth-order valence-electron chi connectivity index (χ4n) is 3.90. The number of esters is 2. The molecule has 2 atom stereocenters. The SMILES string of the molecule is CCOC(=O)C1=C(COCc2nc(CCN)cs2)N=C(C)C(C(=O)OC)C1c1ccccc1Cl. The fraction of sp³-hybridized carbons (Fsp3) is 0.417. The summed E-state index contributed by atoms with van der Waals surface area (Å²) in [5.41, 5.74) is 8.25. The Labute approximate surface area is 207 Å². The van der Waals surface area contributed by atoms with Gasteiger partial charge < -0.3 is 19.9 Å². The molecular formula is C24H28ClN3O5S. The predicted octanol–water partition coefficient (Wildman–Crippen LogP) is 3.68. The summed E-state index contributed by atoms with van der Waals surface area (Å²) in [6, 6.07) is 7.09. The zero-order valence-electron chi connectivity index (χ0n) is 19.4. The third-order valence-corrected chi connectivity index (χ3v) is 6.59. The molecule has 0 saturated carbocycles. The molecule has 34 heavy (non-hydrogen) atoms. The van der Waals surface area contributed by atoms with E-state index in [4.69, 9.17) is 31.5 Å². The number of halogens is 1. The van der Waals surface area contributed by atoms with Crippen molar-refractivity contribution in [2.24, 2.45) is 16.6 Å². The Bertz CT molecular complexity index is 1100. The first kappa shape index (κ1) is 26.0. The number of rotatable bonds is 10. The Kier molecular flexibility index (Phi) is 9.35. The summed E-state index contributed by atoms with van der Waals surface area (Å²) in [6.07, 6.45) is 0.701. The van der Waals surface area contributed by atoms with Gasteiger partial charge in [0.1, 0.15) is 10.9 Å². The Morgan fingerprint density at radius 1 is 1.24 bits per heavy atom. The van der Waals surface area contributed by atoms with Crippen molar-refractivity contribution < 1.29 is 23.8 Å². The molecule has 2 unspecified atom stereocenters. The van der Waals surface area contributed by atoms with Crippen LogP contribution in [0, 0.1) is 5.92 Å². The van der Waals surface area contributed by atoms with Crippen LogP contribution in [0.1, 0.15) is 36.0 Å². The monoisotopic (exact) mass is 505 g/mol. The van der Waals surface area contributed by atoms with Crippen molar-refractivity contribution in [2.45, 2.75) is 32.8 Å². The second-order valence-electron chi connectivity index (χ2n) is 7.60. The molecule has 2 N–H and O–H groups in total. The standard InChI is InChI=1S/C24H28ClN3O5S/c1-4-33-24(30)22-18(11-32-12-19-28-15(9-10-26)13-34-19)27-14(2)20(23(29)31-3)21(22)16-7-5-6-8-17(16)25/h5-8,13,20-21H,4,9-12,26H2,1-3H3. The molecule has 1 aliphatic rings. The topological polar surface area (TPSA) is 113 Å². The van der Waals surface area contributed by atoms with Gasteiger partial charge in [-0.1, -0.05) is 29.8 Å². The predicted molar refractivity (Wildman–Crippen MR) is 131 cm³/mol. The largest absolute Gasteiger partial charge is 0.468 e. The number of nitrogens with two attached hydrogens (primary N) is 1. The van der Waals surface area contributed by atoms with Crippen LogP contribution in [-0.2, 0) is 36.8 Å². The molecule has 0 fully saturated rings. The minimum absolute atomic E-state index is 0.0339. The molecule has 10 heteroatoms. The molecule has 8 nitrogen and oxygen atoms in total. The highest BCUT2D eigenvalue weighted by Gasteiger charge is 2.43. The van der Waals surface area contributed by atoms with E-state index in [2.05, 4.69) is 9.98 Å². The van der Waals surface area contributed by atoms with Crippen molar-refractivity contribution in [2.75, 3.05) is 26.9 Å². The molecule has 0 radical (unpaired) electrons. The molecule has 0 spiro atoms. The van der Waals surface area contributed by atoms with E-state index in [1.54, 1.807) is 38.1 Å². The maximum Gasteiger partial charge on any atom is 0.336 e. The van der Waals surface area contributed by atoms with Crippen molar-refractivity contribution in [1.82, 2.24) is 4.98 Å². The molecule has 3 rings (SSSR count). The quantitative estimate of drug-likeness (QED) is 0.490. The van der Waals surface area contributed by atoms with E-state index in [1.165, 1.54) is 18.4 Å². The molecule has 2 heterocycles. The zero-order valence-corrected chi connectivity index (χ0v) is 20.9. The summed E-state index contributed by atoms with van der Waals surface area (Å²) in [5, 5.41) is 3.17. The number of ether oxygens (including phenoxy) is 3. The molecule has 0 saturated heterocycles. The summed E-state index contributed by atoms with van der Waals surface area (Å²) >= 11 is 8.00. The Hall–Kier alpha value is -2.59. The Balaban J connectivity index is 1.99. The molecule has 1 aliphatic heterocycles. The number of aliphatic imine (C=N–C) groups is 1. The molecule has 182 valence electrons. The van der Waals surface area contributed by atoms with Gasteiger partial charge in [0.15, 0.2) is 0 Å². The lowest BCUT2D eigenvalue weighted by atomic mass is 9.75. The summed E-state index contributed by atoms with van der Waals surface area (Å²) in [4.78, 5) is 35.0. The summed E-state index contributed by atoms with van der Waals surface area (Å²) in [6.45, 7) is 4.43. The molecule has 0 bridgehead atoms. The number of benzene rings is 1. The van der Waals surface area contributed by atoms with Crippen LogP contribution in [0.4, 0.5) is 0 Å². The zero-order chi connectivity index (χ0) is 24.7. The first-order chi connectivity index (χ1) is 16.4. The lowest BCUT2D eigenvalue weighted by Crippen LogP contribution is -2.37. The fourth-order valence-corrected chi connectivity index (χ4v) is 4.92. The molecular weight excluding hydrogens is 478 g/mol. The van der Waals surface area contributed by atoms with E-state index in [9.17, 15) is 9.59 Å². The number of hydrogen-bond acceptors (Lipinski definition) is 9. The van der Waals surface area contributed by atoms with Crippen LogP contribution < -0.4 is 5.73 Å². The van der Waals surface area contributed by atoms with Crippen LogP contribution in [0.2, 0.25) is 5.02 Å². The van der Waals surface area contributed by atoms with Gasteiger partial charge in [-0.2, -0.15) is 0 Å². The first-order valence-corrected chi connectivity index (χ1v) is 12.2. The van der Waals surface area contributed by atoms with Crippen molar-refractivity contribution in [3.05, 3.63) is 62.2 Å². The lowest BCUT2D eigenvalue weighted by Gasteiger charge is -2.32. The smallest absolute Gasteiger partial charge is 0.336 e. The number of methoxy groups -OCH3 is 1. The minimum atomic E-state index is -0.828. The van der Waals surface area contributed by atoms with Gasteiger partial charge in [0.25, 0.3) is 0 Å². The third kappa shape index (κ3) is 5.90. The molecule has 0 aliphatic carbocycles.